The Hall–Kier alpha value is -2.25. The molecule has 28 heavy (non-hydrogen) atoms. The summed E-state index contributed by atoms with van der Waals surface area (Å²) in [5.74, 6) is 0. The van der Waals surface area contributed by atoms with Gasteiger partial charge in [0, 0.05) is 0 Å². The molecule has 0 bridgehead atoms. The molecule has 0 aliphatic carbocycles. The summed E-state index contributed by atoms with van der Waals surface area (Å²) < 4.78 is 0. The van der Waals surface area contributed by atoms with Crippen LogP contribution in [0.1, 0.15) is 11.1 Å². The Morgan fingerprint density at radius 1 is 0.500 bits per heavy atom. The first-order valence-corrected chi connectivity index (χ1v) is 13.7. The van der Waals surface area contributed by atoms with Crippen molar-refractivity contribution >= 4 is 36.9 Å². The zero-order chi connectivity index (χ0) is 19.5. The van der Waals surface area contributed by atoms with Gasteiger partial charge in [0.2, 0.25) is 0 Å². The van der Waals surface area contributed by atoms with E-state index in [9.17, 15) is 0 Å². The average molecular weight is 448 g/mol. The molecule has 4 aromatic rings. The molecular formula is C25H23BrNP. The standard InChI is InChI=1S/C25H23BrNP/c26-28(27,23-12-6-2-7-13-23,24-14-8-3-9-15-24)25-18-16-22(17-19-25)20-21-10-4-1-5-11-21/h1-19H,20,27H2. The van der Waals surface area contributed by atoms with Crippen LogP contribution in [0.4, 0.5) is 0 Å². The predicted octanol–water partition coefficient (Wildman–Crippen LogP) is 5.29. The molecule has 0 amide bonds. The van der Waals surface area contributed by atoms with Gasteiger partial charge in [0.15, 0.2) is 0 Å². The zero-order valence-electron chi connectivity index (χ0n) is 15.6. The first-order chi connectivity index (χ1) is 13.6. The van der Waals surface area contributed by atoms with Gasteiger partial charge in [0.25, 0.3) is 0 Å². The summed E-state index contributed by atoms with van der Waals surface area (Å²) in [5.41, 5.74) is 6.76. The second-order valence-corrected chi connectivity index (χ2v) is 15.2. The van der Waals surface area contributed by atoms with Gasteiger partial charge in [0.05, 0.1) is 0 Å². The average Bonchev–Trinajstić information content (AvgIpc) is 2.76. The number of halogens is 1. The van der Waals surface area contributed by atoms with Crippen molar-refractivity contribution in [3.63, 3.8) is 0 Å². The quantitative estimate of drug-likeness (QED) is 0.413. The number of rotatable bonds is 5. The Kier molecular flexibility index (Phi) is 5.21. The Balaban J connectivity index is 1.80. The third-order valence-corrected chi connectivity index (χ3v) is 12.8. The summed E-state index contributed by atoms with van der Waals surface area (Å²) in [6.07, 6.45) is 0.917. The predicted molar refractivity (Wildman–Crippen MR) is 128 cm³/mol. The Labute approximate surface area is 175 Å². The summed E-state index contributed by atoms with van der Waals surface area (Å²) >= 11 is 4.11. The third kappa shape index (κ3) is 3.44. The minimum atomic E-state index is -3.18. The van der Waals surface area contributed by atoms with Crippen molar-refractivity contribution in [2.24, 2.45) is 5.50 Å². The van der Waals surface area contributed by atoms with E-state index in [1.165, 1.54) is 11.1 Å². The molecule has 0 aromatic heterocycles. The summed E-state index contributed by atoms with van der Waals surface area (Å²) in [4.78, 5) is 0. The number of nitrogens with two attached hydrogens (primary N) is 1. The molecule has 0 fully saturated rings. The summed E-state index contributed by atoms with van der Waals surface area (Å²) in [5, 5.41) is 3.37. The van der Waals surface area contributed by atoms with Crippen LogP contribution in [-0.4, -0.2) is 0 Å². The fourth-order valence-electron chi connectivity index (χ4n) is 3.62. The molecule has 0 heterocycles. The molecule has 3 heteroatoms. The van der Waals surface area contributed by atoms with Crippen LogP contribution in [0.25, 0.3) is 0 Å². The van der Waals surface area contributed by atoms with Crippen LogP contribution in [0, 0.1) is 0 Å². The molecular weight excluding hydrogens is 425 g/mol. The van der Waals surface area contributed by atoms with E-state index < -0.39 is 5.46 Å². The van der Waals surface area contributed by atoms with Gasteiger partial charge in [-0.15, -0.1) is 0 Å². The Morgan fingerprint density at radius 3 is 1.32 bits per heavy atom. The van der Waals surface area contributed by atoms with E-state index in [-0.39, 0.29) is 0 Å². The van der Waals surface area contributed by atoms with E-state index in [4.69, 9.17) is 5.50 Å². The Bertz CT molecular complexity index is 1000. The van der Waals surface area contributed by atoms with E-state index in [1.54, 1.807) is 0 Å². The minimum absolute atomic E-state index is 0.917. The normalized spacial score (nSPS) is 12.9. The molecule has 140 valence electrons. The van der Waals surface area contributed by atoms with E-state index in [1.807, 2.05) is 12.1 Å². The van der Waals surface area contributed by atoms with E-state index in [0.29, 0.717) is 0 Å². The molecule has 4 aromatic carbocycles. The summed E-state index contributed by atoms with van der Waals surface area (Å²) in [7, 11) is 0. The molecule has 0 saturated carbocycles. The zero-order valence-corrected chi connectivity index (χ0v) is 18.1. The van der Waals surface area contributed by atoms with Crippen molar-refractivity contribution in [1.82, 2.24) is 0 Å². The molecule has 1 nitrogen and oxygen atoms in total. The van der Waals surface area contributed by atoms with Gasteiger partial charge >= 0.3 is 175 Å². The monoisotopic (exact) mass is 447 g/mol. The number of hydrogen-bond donors (Lipinski definition) is 1. The van der Waals surface area contributed by atoms with Crippen LogP contribution in [-0.2, 0) is 6.42 Å². The van der Waals surface area contributed by atoms with Crippen molar-refractivity contribution in [2.75, 3.05) is 0 Å². The van der Waals surface area contributed by atoms with Gasteiger partial charge in [0.1, 0.15) is 0 Å². The van der Waals surface area contributed by atoms with Crippen LogP contribution in [0.3, 0.4) is 0 Å². The van der Waals surface area contributed by atoms with Crippen LogP contribution in [0.2, 0.25) is 0 Å². The van der Waals surface area contributed by atoms with Gasteiger partial charge in [-0.3, -0.25) is 0 Å². The van der Waals surface area contributed by atoms with E-state index >= 15 is 0 Å². The van der Waals surface area contributed by atoms with Gasteiger partial charge in [-0.1, -0.05) is 0 Å². The second kappa shape index (κ2) is 7.64. The molecule has 4 rings (SSSR count). The van der Waals surface area contributed by atoms with Crippen LogP contribution in [0.15, 0.2) is 115 Å². The molecule has 0 radical (unpaired) electrons. The van der Waals surface area contributed by atoms with Crippen molar-refractivity contribution in [1.29, 1.82) is 0 Å². The summed E-state index contributed by atoms with van der Waals surface area (Å²) in [6.45, 7) is 0. The maximum atomic E-state index is 7.35. The molecule has 0 saturated heterocycles. The van der Waals surface area contributed by atoms with Gasteiger partial charge in [-0.25, -0.2) is 0 Å². The van der Waals surface area contributed by atoms with Crippen molar-refractivity contribution in [2.45, 2.75) is 6.42 Å². The molecule has 2 N–H and O–H groups in total. The third-order valence-electron chi connectivity index (χ3n) is 5.21. The first-order valence-electron chi connectivity index (χ1n) is 9.36. The fourth-order valence-corrected chi connectivity index (χ4v) is 8.89. The number of hydrogen-bond acceptors (Lipinski definition) is 1. The molecule has 0 atom stereocenters. The molecule has 0 unspecified atom stereocenters. The van der Waals surface area contributed by atoms with Gasteiger partial charge < -0.3 is 0 Å². The van der Waals surface area contributed by atoms with Crippen LogP contribution in [0.5, 0.6) is 0 Å². The van der Waals surface area contributed by atoms with Crippen molar-refractivity contribution in [3.8, 4) is 0 Å². The van der Waals surface area contributed by atoms with Gasteiger partial charge in [-0.05, 0) is 0 Å². The van der Waals surface area contributed by atoms with E-state index in [0.717, 1.165) is 22.3 Å². The van der Waals surface area contributed by atoms with E-state index in [2.05, 4.69) is 119 Å². The molecule has 0 spiro atoms. The van der Waals surface area contributed by atoms with Crippen molar-refractivity contribution < 1.29 is 0 Å². The topological polar surface area (TPSA) is 26.0 Å². The first kappa shape index (κ1) is 19.1. The van der Waals surface area contributed by atoms with Crippen LogP contribution >= 0.6 is 20.9 Å². The fraction of sp³-hybridized carbons (Fsp3) is 0.0400. The van der Waals surface area contributed by atoms with Crippen LogP contribution < -0.4 is 21.4 Å². The van der Waals surface area contributed by atoms with Crippen molar-refractivity contribution in [3.05, 3.63) is 126 Å². The van der Waals surface area contributed by atoms with Gasteiger partial charge in [-0.2, -0.15) is 0 Å². The maximum absolute atomic E-state index is 7.35. The Morgan fingerprint density at radius 2 is 0.857 bits per heavy atom. The summed E-state index contributed by atoms with van der Waals surface area (Å²) in [6, 6.07) is 40.1. The molecule has 0 aliphatic heterocycles. The second-order valence-electron chi connectivity index (χ2n) is 7.07. The number of benzene rings is 4. The molecule has 0 aliphatic rings. The SMILES string of the molecule is NP(Br)(c1ccccc1)(c1ccccc1)c1ccc(Cc2ccccc2)cc1.